The first-order chi connectivity index (χ1) is 6.77. The molecular formula is C11H10O3. The molecule has 0 unspecified atom stereocenters. The highest BCUT2D eigenvalue weighted by atomic mass is 16.6. The Hall–Kier alpha value is -1.77. The van der Waals surface area contributed by atoms with Crippen molar-refractivity contribution in [3.05, 3.63) is 47.2 Å². The first-order valence-corrected chi connectivity index (χ1v) is 4.39. The van der Waals surface area contributed by atoms with Crippen LogP contribution in [-0.4, -0.2) is 17.7 Å². The van der Waals surface area contributed by atoms with Crippen molar-refractivity contribution in [2.24, 2.45) is 0 Å². The molecule has 0 fully saturated rings. The molecule has 3 heteroatoms. The third-order valence-electron chi connectivity index (χ3n) is 2.17. The number of hydrogen-bond donors (Lipinski definition) is 1. The monoisotopic (exact) mass is 190 g/mol. The number of cyclic esters (lactones) is 1. The van der Waals surface area contributed by atoms with Gasteiger partial charge in [0.1, 0.15) is 6.61 Å². The average molecular weight is 190 g/mol. The van der Waals surface area contributed by atoms with Crippen LogP contribution in [0.5, 0.6) is 0 Å². The van der Waals surface area contributed by atoms with Gasteiger partial charge in [0, 0.05) is 12.0 Å². The van der Waals surface area contributed by atoms with Crippen LogP contribution < -0.4 is 0 Å². The first kappa shape index (κ1) is 8.81. The van der Waals surface area contributed by atoms with Gasteiger partial charge in [-0.05, 0) is 5.56 Å². The van der Waals surface area contributed by atoms with Crippen molar-refractivity contribution in [1.29, 1.82) is 0 Å². The van der Waals surface area contributed by atoms with Gasteiger partial charge in [-0.1, -0.05) is 30.3 Å². The maximum atomic E-state index is 10.8. The maximum Gasteiger partial charge on any atom is 0.373 e. The van der Waals surface area contributed by atoms with Crippen LogP contribution in [0.15, 0.2) is 41.7 Å². The Morgan fingerprint density at radius 3 is 2.57 bits per heavy atom. The van der Waals surface area contributed by atoms with Crippen molar-refractivity contribution in [2.45, 2.75) is 6.42 Å². The molecule has 1 N–H and O–H groups in total. The summed E-state index contributed by atoms with van der Waals surface area (Å²) >= 11 is 0. The second-order valence-corrected chi connectivity index (χ2v) is 3.19. The van der Waals surface area contributed by atoms with Gasteiger partial charge in [0.25, 0.3) is 0 Å². The van der Waals surface area contributed by atoms with Gasteiger partial charge in [-0.15, -0.1) is 0 Å². The summed E-state index contributed by atoms with van der Waals surface area (Å²) in [4.78, 5) is 10.8. The predicted molar refractivity (Wildman–Crippen MR) is 50.8 cm³/mol. The van der Waals surface area contributed by atoms with E-state index in [4.69, 9.17) is 0 Å². The van der Waals surface area contributed by atoms with Crippen LogP contribution in [0.25, 0.3) is 0 Å². The molecule has 0 saturated heterocycles. The van der Waals surface area contributed by atoms with Crippen molar-refractivity contribution < 1.29 is 14.6 Å². The van der Waals surface area contributed by atoms with E-state index in [1.807, 2.05) is 30.3 Å². The lowest BCUT2D eigenvalue weighted by atomic mass is 10.1. The fraction of sp³-hybridized carbons (Fsp3) is 0.182. The van der Waals surface area contributed by atoms with Gasteiger partial charge in [0.05, 0.1) is 0 Å². The van der Waals surface area contributed by atoms with Gasteiger partial charge in [0.2, 0.25) is 5.76 Å². The summed E-state index contributed by atoms with van der Waals surface area (Å²) < 4.78 is 4.69. The molecule has 14 heavy (non-hydrogen) atoms. The minimum atomic E-state index is -0.615. The molecule has 0 amide bonds. The van der Waals surface area contributed by atoms with Gasteiger partial charge in [-0.3, -0.25) is 0 Å². The lowest BCUT2D eigenvalue weighted by Gasteiger charge is -1.99. The Bertz CT molecular complexity index is 379. The van der Waals surface area contributed by atoms with E-state index in [2.05, 4.69) is 4.74 Å². The summed E-state index contributed by atoms with van der Waals surface area (Å²) in [6.45, 7) is 0.208. The van der Waals surface area contributed by atoms with Gasteiger partial charge in [-0.25, -0.2) is 4.79 Å². The Labute approximate surface area is 81.6 Å². The number of ether oxygens (including phenoxy) is 1. The largest absolute Gasteiger partial charge is 0.502 e. The van der Waals surface area contributed by atoms with Crippen LogP contribution in [0.1, 0.15) is 5.56 Å². The molecule has 0 aliphatic carbocycles. The minimum absolute atomic E-state index is 0.208. The predicted octanol–water partition coefficient (Wildman–Crippen LogP) is 1.60. The zero-order valence-corrected chi connectivity index (χ0v) is 7.56. The molecule has 0 aromatic heterocycles. The summed E-state index contributed by atoms with van der Waals surface area (Å²) in [6.07, 6.45) is 0.568. The molecule has 0 atom stereocenters. The fourth-order valence-corrected chi connectivity index (χ4v) is 1.41. The standard InChI is InChI=1S/C11H10O3/c12-10-9(7-14-11(10)13)6-8-4-2-1-3-5-8/h1-5,12H,6-7H2. The Balaban J connectivity index is 2.17. The number of rotatable bonds is 2. The Morgan fingerprint density at radius 2 is 2.00 bits per heavy atom. The molecule has 1 heterocycles. The molecule has 2 rings (SSSR count). The molecule has 0 radical (unpaired) electrons. The number of carbonyl (C=O) groups is 1. The number of benzene rings is 1. The first-order valence-electron chi connectivity index (χ1n) is 4.39. The molecule has 1 aliphatic rings. The highest BCUT2D eigenvalue weighted by Crippen LogP contribution is 2.17. The van der Waals surface area contributed by atoms with E-state index in [1.165, 1.54) is 0 Å². The lowest BCUT2D eigenvalue weighted by Crippen LogP contribution is -1.97. The van der Waals surface area contributed by atoms with E-state index in [0.29, 0.717) is 12.0 Å². The zero-order valence-electron chi connectivity index (χ0n) is 7.56. The van der Waals surface area contributed by atoms with Gasteiger partial charge < -0.3 is 9.84 Å². The summed E-state index contributed by atoms with van der Waals surface area (Å²) in [5.41, 5.74) is 1.72. The summed E-state index contributed by atoms with van der Waals surface area (Å²) in [7, 11) is 0. The molecule has 1 aromatic carbocycles. The van der Waals surface area contributed by atoms with Crippen molar-refractivity contribution in [1.82, 2.24) is 0 Å². The zero-order chi connectivity index (χ0) is 9.97. The van der Waals surface area contributed by atoms with Crippen molar-refractivity contribution in [2.75, 3.05) is 6.61 Å². The van der Waals surface area contributed by atoms with Crippen molar-refractivity contribution in [3.8, 4) is 0 Å². The highest BCUT2D eigenvalue weighted by Gasteiger charge is 2.23. The number of aliphatic hydroxyl groups excluding tert-OH is 1. The van der Waals surface area contributed by atoms with E-state index >= 15 is 0 Å². The summed E-state index contributed by atoms with van der Waals surface area (Å²) in [5.74, 6) is -0.843. The summed E-state index contributed by atoms with van der Waals surface area (Å²) in [6, 6.07) is 9.66. The average Bonchev–Trinajstić information content (AvgIpc) is 2.52. The quantitative estimate of drug-likeness (QED) is 0.720. The Morgan fingerprint density at radius 1 is 1.29 bits per heavy atom. The van der Waals surface area contributed by atoms with Crippen LogP contribution in [0.4, 0.5) is 0 Å². The lowest BCUT2D eigenvalue weighted by molar-refractivity contribution is -0.138. The molecule has 0 saturated carbocycles. The number of hydrogen-bond acceptors (Lipinski definition) is 3. The molecule has 72 valence electrons. The van der Waals surface area contributed by atoms with Crippen LogP contribution >= 0.6 is 0 Å². The molecule has 0 bridgehead atoms. The van der Waals surface area contributed by atoms with E-state index in [9.17, 15) is 9.90 Å². The number of aliphatic hydroxyl groups is 1. The molecule has 1 aliphatic heterocycles. The van der Waals surface area contributed by atoms with Gasteiger partial charge in [-0.2, -0.15) is 0 Å². The molecule has 1 aromatic rings. The smallest absolute Gasteiger partial charge is 0.373 e. The van der Waals surface area contributed by atoms with Crippen LogP contribution in [-0.2, 0) is 16.0 Å². The van der Waals surface area contributed by atoms with E-state index in [0.717, 1.165) is 5.56 Å². The van der Waals surface area contributed by atoms with E-state index < -0.39 is 5.97 Å². The fourth-order valence-electron chi connectivity index (χ4n) is 1.41. The second-order valence-electron chi connectivity index (χ2n) is 3.19. The topological polar surface area (TPSA) is 46.5 Å². The van der Waals surface area contributed by atoms with E-state index in [-0.39, 0.29) is 12.4 Å². The molecular weight excluding hydrogens is 180 g/mol. The third-order valence-corrected chi connectivity index (χ3v) is 2.17. The second kappa shape index (κ2) is 3.54. The molecule has 0 spiro atoms. The van der Waals surface area contributed by atoms with Crippen LogP contribution in [0.3, 0.4) is 0 Å². The molecule has 3 nitrogen and oxygen atoms in total. The number of carbonyl (C=O) groups excluding carboxylic acids is 1. The normalized spacial score (nSPS) is 15.9. The third kappa shape index (κ3) is 1.62. The maximum absolute atomic E-state index is 10.8. The van der Waals surface area contributed by atoms with Crippen LogP contribution in [0, 0.1) is 0 Å². The van der Waals surface area contributed by atoms with E-state index in [1.54, 1.807) is 0 Å². The SMILES string of the molecule is O=C1OCC(Cc2ccccc2)=C1O. The van der Waals surface area contributed by atoms with Crippen LogP contribution in [0.2, 0.25) is 0 Å². The Kier molecular flexibility index (Phi) is 2.23. The highest BCUT2D eigenvalue weighted by molar-refractivity contribution is 5.89. The van der Waals surface area contributed by atoms with Crippen molar-refractivity contribution in [3.63, 3.8) is 0 Å². The number of esters is 1. The van der Waals surface area contributed by atoms with Gasteiger partial charge in [0.15, 0.2) is 0 Å². The minimum Gasteiger partial charge on any atom is -0.502 e. The summed E-state index contributed by atoms with van der Waals surface area (Å²) in [5, 5.41) is 9.32. The van der Waals surface area contributed by atoms with Crippen molar-refractivity contribution >= 4 is 5.97 Å². The van der Waals surface area contributed by atoms with Gasteiger partial charge >= 0.3 is 5.97 Å².